The maximum Gasteiger partial charge on any atom is 0.218 e. The second-order valence-corrected chi connectivity index (χ2v) is 7.75. The summed E-state index contributed by atoms with van der Waals surface area (Å²) in [5, 5.41) is 20.4. The van der Waals surface area contributed by atoms with Crippen LogP contribution in [-0.4, -0.2) is 40.1 Å². The van der Waals surface area contributed by atoms with Crippen LogP contribution in [-0.2, 0) is 29.1 Å². The molecule has 0 spiro atoms. The number of methoxy groups -OCH3 is 1. The van der Waals surface area contributed by atoms with Crippen molar-refractivity contribution >= 4 is 11.7 Å². The number of nitrogens with zero attached hydrogens (tertiary/aromatic N) is 2. The Morgan fingerprint density at radius 3 is 2.59 bits per heavy atom. The van der Waals surface area contributed by atoms with Gasteiger partial charge in [-0.1, -0.05) is 44.2 Å². The maximum atomic E-state index is 12.9. The van der Waals surface area contributed by atoms with Crippen LogP contribution in [0.15, 0.2) is 41.4 Å². The molecule has 0 saturated heterocycles. The van der Waals surface area contributed by atoms with Crippen molar-refractivity contribution in [3.05, 3.63) is 64.5 Å². The van der Waals surface area contributed by atoms with Crippen LogP contribution in [0.2, 0.25) is 0 Å². The zero-order valence-electron chi connectivity index (χ0n) is 17.1. The normalized spacial score (nSPS) is 15.0. The molecule has 6 heteroatoms. The number of rotatable bonds is 8. The smallest absolute Gasteiger partial charge is 0.218 e. The molecule has 0 fully saturated rings. The van der Waals surface area contributed by atoms with Crippen molar-refractivity contribution in [2.24, 2.45) is 10.9 Å². The monoisotopic (exact) mass is 396 g/mol. The van der Waals surface area contributed by atoms with Crippen LogP contribution in [0, 0.1) is 5.92 Å². The number of Topliss-reactive ketones (excluding diaryl/α,β-unsaturated/α-hetero) is 1. The number of hydrogen-bond acceptors (Lipinski definition) is 6. The van der Waals surface area contributed by atoms with E-state index in [2.05, 4.69) is 9.98 Å². The number of pyridine rings is 1. The molecule has 6 nitrogen and oxygen atoms in total. The van der Waals surface area contributed by atoms with Gasteiger partial charge in [-0.05, 0) is 23.1 Å². The Bertz CT molecular complexity index is 893. The molecule has 2 N–H and O–H groups in total. The zero-order valence-corrected chi connectivity index (χ0v) is 17.1. The number of aromatic nitrogens is 1. The summed E-state index contributed by atoms with van der Waals surface area (Å²) >= 11 is 0. The van der Waals surface area contributed by atoms with Crippen LogP contribution in [0.5, 0.6) is 0 Å². The van der Waals surface area contributed by atoms with Crippen molar-refractivity contribution < 1.29 is 19.7 Å². The molecule has 1 aliphatic heterocycles. The van der Waals surface area contributed by atoms with Crippen molar-refractivity contribution in [1.29, 1.82) is 0 Å². The average molecular weight is 396 g/mol. The number of aliphatic imine (C=N–C) groups is 1. The third kappa shape index (κ3) is 4.71. The zero-order chi connectivity index (χ0) is 21.0. The number of aliphatic hydroxyl groups is 2. The fourth-order valence-electron chi connectivity index (χ4n) is 3.83. The topological polar surface area (TPSA) is 92.0 Å². The number of carbonyl (C=O) groups excluding carboxylic acids is 1. The number of ketones is 1. The van der Waals surface area contributed by atoms with Crippen molar-refractivity contribution in [1.82, 2.24) is 4.98 Å². The minimum atomic E-state index is -0.611. The van der Waals surface area contributed by atoms with Crippen LogP contribution in [0.4, 0.5) is 0 Å². The molecular formula is C23H28N2O4. The van der Waals surface area contributed by atoms with Crippen molar-refractivity contribution in [2.45, 2.75) is 51.9 Å². The summed E-state index contributed by atoms with van der Waals surface area (Å²) in [6, 6.07) is 11.5. The number of aliphatic hydroxyl groups excluding tert-OH is 2. The Morgan fingerprint density at radius 1 is 1.24 bits per heavy atom. The van der Waals surface area contributed by atoms with E-state index < -0.39 is 6.10 Å². The van der Waals surface area contributed by atoms with E-state index in [-0.39, 0.29) is 37.1 Å². The largest absolute Gasteiger partial charge is 0.481 e. The van der Waals surface area contributed by atoms with Gasteiger partial charge in [0.2, 0.25) is 5.90 Å². The highest BCUT2D eigenvalue weighted by Gasteiger charge is 2.27. The number of fused-ring (bicyclic) bond motifs is 1. The Labute approximate surface area is 171 Å². The third-order valence-electron chi connectivity index (χ3n) is 5.33. The number of hydrogen-bond donors (Lipinski definition) is 2. The second kappa shape index (κ2) is 9.29. The van der Waals surface area contributed by atoms with E-state index in [0.717, 1.165) is 16.7 Å². The summed E-state index contributed by atoms with van der Waals surface area (Å²) in [6.45, 7) is 4.11. The summed E-state index contributed by atoms with van der Waals surface area (Å²) in [6.07, 6.45) is -0.229. The van der Waals surface area contributed by atoms with E-state index in [4.69, 9.17) is 4.74 Å². The van der Waals surface area contributed by atoms with Crippen molar-refractivity contribution in [3.63, 3.8) is 0 Å². The molecule has 154 valence electrons. The summed E-state index contributed by atoms with van der Waals surface area (Å²) in [4.78, 5) is 21.7. The standard InChI is InChI=1S/C23H28N2O4/c1-14(2)22(28)19(15-7-5-4-6-8-15)11-18(27)10-17-9-16-12-24-23(29-3)21(16)20(13-26)25-17/h4-9,14,19,22,26,28H,10-13H2,1-3H3/t19-,22-/m0/s1. The van der Waals surface area contributed by atoms with Gasteiger partial charge in [-0.15, -0.1) is 0 Å². The van der Waals surface area contributed by atoms with Crippen molar-refractivity contribution in [2.75, 3.05) is 7.11 Å². The highest BCUT2D eigenvalue weighted by atomic mass is 16.5. The summed E-state index contributed by atoms with van der Waals surface area (Å²) in [5.41, 5.74) is 3.67. The highest BCUT2D eigenvalue weighted by molar-refractivity contribution is 5.98. The SMILES string of the molecule is COC1=NCc2cc(CC(=O)C[C@@H](c3ccccc3)[C@@H](O)C(C)C)nc(CO)c21. The van der Waals surface area contributed by atoms with Gasteiger partial charge in [0.25, 0.3) is 0 Å². The fraction of sp³-hybridized carbons (Fsp3) is 0.435. The molecule has 1 aromatic heterocycles. The number of ether oxygens (including phenoxy) is 1. The van der Waals surface area contributed by atoms with E-state index in [1.54, 1.807) is 0 Å². The molecule has 0 amide bonds. The molecule has 1 aromatic carbocycles. The molecule has 2 aromatic rings. The Kier molecular flexibility index (Phi) is 6.77. The van der Waals surface area contributed by atoms with Gasteiger partial charge < -0.3 is 14.9 Å². The van der Waals surface area contributed by atoms with Gasteiger partial charge in [0.1, 0.15) is 5.78 Å². The quantitative estimate of drug-likeness (QED) is 0.716. The predicted octanol–water partition coefficient (Wildman–Crippen LogP) is 2.78. The Morgan fingerprint density at radius 2 is 1.97 bits per heavy atom. The molecule has 0 radical (unpaired) electrons. The fourth-order valence-corrected chi connectivity index (χ4v) is 3.83. The first kappa shape index (κ1) is 21.1. The first-order valence-electron chi connectivity index (χ1n) is 9.90. The molecule has 0 bridgehead atoms. The van der Waals surface area contributed by atoms with Gasteiger partial charge >= 0.3 is 0 Å². The number of carbonyl (C=O) groups is 1. The minimum Gasteiger partial charge on any atom is -0.481 e. The van der Waals surface area contributed by atoms with Crippen LogP contribution in [0.3, 0.4) is 0 Å². The second-order valence-electron chi connectivity index (χ2n) is 7.75. The summed E-state index contributed by atoms with van der Waals surface area (Å²) < 4.78 is 5.26. The van der Waals surface area contributed by atoms with Gasteiger partial charge in [-0.2, -0.15) is 0 Å². The van der Waals surface area contributed by atoms with Gasteiger partial charge in [0.05, 0.1) is 37.6 Å². The predicted molar refractivity (Wildman–Crippen MR) is 111 cm³/mol. The molecular weight excluding hydrogens is 368 g/mol. The number of benzene rings is 1. The van der Waals surface area contributed by atoms with Gasteiger partial charge in [0, 0.05) is 24.5 Å². The molecule has 29 heavy (non-hydrogen) atoms. The molecule has 0 aliphatic carbocycles. The molecule has 2 atom stereocenters. The van der Waals surface area contributed by atoms with E-state index >= 15 is 0 Å². The molecule has 0 unspecified atom stereocenters. The van der Waals surface area contributed by atoms with E-state index in [1.165, 1.54) is 7.11 Å². The van der Waals surface area contributed by atoms with Crippen LogP contribution in [0.25, 0.3) is 0 Å². The molecule has 0 saturated carbocycles. The highest BCUT2D eigenvalue weighted by Crippen LogP contribution is 2.29. The maximum absolute atomic E-state index is 12.9. The Balaban J connectivity index is 1.79. The van der Waals surface area contributed by atoms with Crippen LogP contribution < -0.4 is 0 Å². The van der Waals surface area contributed by atoms with E-state index in [9.17, 15) is 15.0 Å². The van der Waals surface area contributed by atoms with Crippen LogP contribution >= 0.6 is 0 Å². The summed E-state index contributed by atoms with van der Waals surface area (Å²) in [5.74, 6) is 0.245. The molecule has 3 rings (SSSR count). The lowest BCUT2D eigenvalue weighted by atomic mass is 9.83. The van der Waals surface area contributed by atoms with Crippen molar-refractivity contribution in [3.8, 4) is 0 Å². The van der Waals surface area contributed by atoms with E-state index in [0.29, 0.717) is 23.8 Å². The lowest BCUT2D eigenvalue weighted by Crippen LogP contribution is -2.27. The summed E-state index contributed by atoms with van der Waals surface area (Å²) in [7, 11) is 1.54. The first-order chi connectivity index (χ1) is 13.9. The minimum absolute atomic E-state index is 0.000716. The Hall–Kier alpha value is -2.57. The van der Waals surface area contributed by atoms with Gasteiger partial charge in [-0.3, -0.25) is 9.78 Å². The van der Waals surface area contributed by atoms with Gasteiger partial charge in [0.15, 0.2) is 0 Å². The lowest BCUT2D eigenvalue weighted by Gasteiger charge is -2.26. The van der Waals surface area contributed by atoms with Gasteiger partial charge in [-0.25, -0.2) is 4.99 Å². The first-order valence-corrected chi connectivity index (χ1v) is 9.90. The third-order valence-corrected chi connectivity index (χ3v) is 5.33. The lowest BCUT2D eigenvalue weighted by molar-refractivity contribution is -0.119. The average Bonchev–Trinajstić information content (AvgIpc) is 3.14. The molecule has 2 heterocycles. The van der Waals surface area contributed by atoms with Crippen LogP contribution in [0.1, 0.15) is 54.3 Å². The molecule has 1 aliphatic rings. The van der Waals surface area contributed by atoms with E-state index in [1.807, 2.05) is 50.2 Å².